The van der Waals surface area contributed by atoms with Gasteiger partial charge in [0, 0.05) is 25.6 Å². The zero-order chi connectivity index (χ0) is 9.31. The van der Waals surface area contributed by atoms with E-state index in [1.54, 1.807) is 0 Å². The molecule has 1 aliphatic heterocycles. The van der Waals surface area contributed by atoms with Crippen LogP contribution in [0.15, 0.2) is 0 Å². The molecule has 2 nitrogen and oxygen atoms in total. The fourth-order valence-electron chi connectivity index (χ4n) is 2.94. The quantitative estimate of drug-likeness (QED) is 0.648. The number of rotatable bonds is 2. The van der Waals surface area contributed by atoms with E-state index in [-0.39, 0.29) is 0 Å². The Labute approximate surface area is 80.5 Å². The fourth-order valence-corrected chi connectivity index (χ4v) is 2.94. The maximum Gasteiger partial charge on any atom is 0.0635 e. The van der Waals surface area contributed by atoms with Crippen LogP contribution in [0.5, 0.6) is 0 Å². The lowest BCUT2D eigenvalue weighted by atomic mass is 9.68. The molecular formula is C11H18N2. The molecule has 0 aromatic heterocycles. The summed E-state index contributed by atoms with van der Waals surface area (Å²) in [6.07, 6.45) is 6.36. The first-order valence-corrected chi connectivity index (χ1v) is 5.37. The maximum atomic E-state index is 8.54. The van der Waals surface area contributed by atoms with Gasteiger partial charge >= 0.3 is 0 Å². The van der Waals surface area contributed by atoms with Crippen LogP contribution in [-0.2, 0) is 0 Å². The monoisotopic (exact) mass is 178 g/mol. The first kappa shape index (κ1) is 9.02. The van der Waals surface area contributed by atoms with Gasteiger partial charge in [0.25, 0.3) is 0 Å². The molecule has 0 bridgehead atoms. The Morgan fingerprint density at radius 1 is 1.54 bits per heavy atom. The van der Waals surface area contributed by atoms with Gasteiger partial charge in [-0.3, -0.25) is 4.90 Å². The van der Waals surface area contributed by atoms with Crippen LogP contribution in [0.4, 0.5) is 0 Å². The summed E-state index contributed by atoms with van der Waals surface area (Å²) in [5, 5.41) is 8.54. The Kier molecular flexibility index (Phi) is 2.29. The Bertz CT molecular complexity index is 225. The molecule has 0 radical (unpaired) electrons. The molecule has 0 N–H and O–H groups in total. The molecule has 0 amide bonds. The zero-order valence-corrected chi connectivity index (χ0v) is 8.42. The molecule has 1 saturated heterocycles. The molecule has 1 unspecified atom stereocenters. The van der Waals surface area contributed by atoms with E-state index < -0.39 is 0 Å². The number of nitrogens with zero attached hydrogens (tertiary/aromatic N) is 2. The van der Waals surface area contributed by atoms with Crippen LogP contribution < -0.4 is 0 Å². The SMILES string of the molecule is CC1CC2(CCC2)CN1CCC#N. The molecule has 2 fully saturated rings. The molecule has 13 heavy (non-hydrogen) atoms. The minimum Gasteiger partial charge on any atom is -0.299 e. The third-order valence-corrected chi connectivity index (χ3v) is 3.82. The van der Waals surface area contributed by atoms with Crippen LogP contribution in [0.3, 0.4) is 0 Å². The summed E-state index contributed by atoms with van der Waals surface area (Å²) in [5.41, 5.74) is 0.675. The van der Waals surface area contributed by atoms with Crippen LogP contribution in [0, 0.1) is 16.7 Å². The molecule has 1 spiro atoms. The summed E-state index contributed by atoms with van der Waals surface area (Å²) < 4.78 is 0. The van der Waals surface area contributed by atoms with Crippen molar-refractivity contribution in [2.24, 2.45) is 5.41 Å². The van der Waals surface area contributed by atoms with Crippen molar-refractivity contribution in [1.29, 1.82) is 5.26 Å². The van der Waals surface area contributed by atoms with Gasteiger partial charge in [0.1, 0.15) is 0 Å². The van der Waals surface area contributed by atoms with Crippen molar-refractivity contribution in [1.82, 2.24) is 4.90 Å². The fraction of sp³-hybridized carbons (Fsp3) is 0.909. The Balaban J connectivity index is 1.89. The molecule has 1 atom stereocenters. The molecule has 1 aliphatic carbocycles. The molecule has 2 aliphatic rings. The van der Waals surface area contributed by atoms with E-state index in [4.69, 9.17) is 5.26 Å². The minimum atomic E-state index is 0.675. The van der Waals surface area contributed by atoms with Gasteiger partial charge < -0.3 is 0 Å². The summed E-state index contributed by atoms with van der Waals surface area (Å²) in [4.78, 5) is 2.50. The van der Waals surface area contributed by atoms with Crippen LogP contribution in [0.2, 0.25) is 0 Å². The lowest BCUT2D eigenvalue weighted by molar-refractivity contribution is 0.139. The van der Waals surface area contributed by atoms with Gasteiger partial charge in [0.15, 0.2) is 0 Å². The van der Waals surface area contributed by atoms with Crippen molar-refractivity contribution in [3.05, 3.63) is 0 Å². The van der Waals surface area contributed by atoms with Crippen LogP contribution in [0.25, 0.3) is 0 Å². The van der Waals surface area contributed by atoms with Crippen LogP contribution in [-0.4, -0.2) is 24.0 Å². The average molecular weight is 178 g/mol. The molecular weight excluding hydrogens is 160 g/mol. The summed E-state index contributed by atoms with van der Waals surface area (Å²) in [7, 11) is 0. The van der Waals surface area contributed by atoms with Gasteiger partial charge in [-0.15, -0.1) is 0 Å². The lowest BCUT2D eigenvalue weighted by Gasteiger charge is -2.38. The maximum absolute atomic E-state index is 8.54. The topological polar surface area (TPSA) is 27.0 Å². The largest absolute Gasteiger partial charge is 0.299 e. The standard InChI is InChI=1S/C11H18N2/c1-10-8-11(4-2-5-11)9-13(10)7-3-6-12/h10H,2-5,7-9H2,1H3. The van der Waals surface area contributed by atoms with E-state index in [1.165, 1.54) is 32.2 Å². The normalized spacial score (nSPS) is 31.5. The summed E-state index contributed by atoms with van der Waals surface area (Å²) in [5.74, 6) is 0. The van der Waals surface area contributed by atoms with E-state index in [2.05, 4.69) is 17.9 Å². The first-order chi connectivity index (χ1) is 6.26. The van der Waals surface area contributed by atoms with Gasteiger partial charge in [-0.05, 0) is 31.6 Å². The molecule has 1 heterocycles. The van der Waals surface area contributed by atoms with Gasteiger partial charge in [-0.2, -0.15) is 5.26 Å². The van der Waals surface area contributed by atoms with Gasteiger partial charge in [-0.1, -0.05) is 6.42 Å². The zero-order valence-electron chi connectivity index (χ0n) is 8.42. The first-order valence-electron chi connectivity index (χ1n) is 5.37. The molecule has 1 saturated carbocycles. The van der Waals surface area contributed by atoms with E-state index in [0.29, 0.717) is 17.9 Å². The average Bonchev–Trinajstić information content (AvgIpc) is 2.39. The summed E-state index contributed by atoms with van der Waals surface area (Å²) in [6, 6.07) is 2.95. The van der Waals surface area contributed by atoms with Crippen molar-refractivity contribution in [3.63, 3.8) is 0 Å². The van der Waals surface area contributed by atoms with Gasteiger partial charge in [0.2, 0.25) is 0 Å². The van der Waals surface area contributed by atoms with E-state index in [0.717, 1.165) is 6.54 Å². The second-order valence-electron chi connectivity index (χ2n) is 4.79. The second kappa shape index (κ2) is 3.31. The molecule has 72 valence electrons. The van der Waals surface area contributed by atoms with Crippen molar-refractivity contribution < 1.29 is 0 Å². The minimum absolute atomic E-state index is 0.675. The number of likely N-dealkylation sites (tertiary alicyclic amines) is 1. The second-order valence-corrected chi connectivity index (χ2v) is 4.79. The predicted molar refractivity (Wildman–Crippen MR) is 52.2 cm³/mol. The van der Waals surface area contributed by atoms with Crippen molar-refractivity contribution in [2.45, 2.75) is 45.1 Å². The summed E-state index contributed by atoms with van der Waals surface area (Å²) in [6.45, 7) is 4.56. The van der Waals surface area contributed by atoms with Gasteiger partial charge in [-0.25, -0.2) is 0 Å². The highest BCUT2D eigenvalue weighted by Gasteiger charge is 2.45. The predicted octanol–water partition coefficient (Wildman–Crippen LogP) is 2.16. The number of nitriles is 1. The van der Waals surface area contributed by atoms with Crippen molar-refractivity contribution in [2.75, 3.05) is 13.1 Å². The Hall–Kier alpha value is -0.550. The molecule has 0 aromatic carbocycles. The highest BCUT2D eigenvalue weighted by Crippen LogP contribution is 2.50. The Morgan fingerprint density at radius 2 is 2.31 bits per heavy atom. The number of hydrogen-bond donors (Lipinski definition) is 0. The third-order valence-electron chi connectivity index (χ3n) is 3.82. The Morgan fingerprint density at radius 3 is 2.77 bits per heavy atom. The number of hydrogen-bond acceptors (Lipinski definition) is 2. The highest BCUT2D eigenvalue weighted by molar-refractivity contribution is 4.99. The van der Waals surface area contributed by atoms with Crippen molar-refractivity contribution >= 4 is 0 Å². The van der Waals surface area contributed by atoms with E-state index >= 15 is 0 Å². The smallest absolute Gasteiger partial charge is 0.0635 e. The highest BCUT2D eigenvalue weighted by atomic mass is 15.2. The molecule has 2 heteroatoms. The molecule has 0 aromatic rings. The van der Waals surface area contributed by atoms with Crippen LogP contribution in [0.1, 0.15) is 39.0 Å². The van der Waals surface area contributed by atoms with Gasteiger partial charge in [0.05, 0.1) is 6.07 Å². The van der Waals surface area contributed by atoms with E-state index in [1.807, 2.05) is 0 Å². The third kappa shape index (κ3) is 1.58. The lowest BCUT2D eigenvalue weighted by Crippen LogP contribution is -2.34. The molecule has 2 rings (SSSR count). The van der Waals surface area contributed by atoms with Crippen molar-refractivity contribution in [3.8, 4) is 6.07 Å². The van der Waals surface area contributed by atoms with Crippen LogP contribution >= 0.6 is 0 Å². The van der Waals surface area contributed by atoms with E-state index in [9.17, 15) is 0 Å². The summed E-state index contributed by atoms with van der Waals surface area (Å²) >= 11 is 0.